The zero-order valence-corrected chi connectivity index (χ0v) is 15.0. The number of unbranched alkanes of at least 4 members (excludes halogenated alkanes) is 1. The lowest BCUT2D eigenvalue weighted by atomic mass is 10.1. The summed E-state index contributed by atoms with van der Waals surface area (Å²) >= 11 is 0. The van der Waals surface area contributed by atoms with E-state index in [1.807, 2.05) is 18.2 Å². The van der Waals surface area contributed by atoms with Gasteiger partial charge < -0.3 is 10.6 Å². The maximum Gasteiger partial charge on any atom is 0.265 e. The summed E-state index contributed by atoms with van der Waals surface area (Å²) < 4.78 is 13.4. The summed E-state index contributed by atoms with van der Waals surface area (Å²) in [7, 11) is 0. The first-order valence-corrected chi connectivity index (χ1v) is 8.81. The van der Waals surface area contributed by atoms with Gasteiger partial charge in [-0.15, -0.1) is 0 Å². The first-order valence-electron chi connectivity index (χ1n) is 8.81. The Kier molecular flexibility index (Phi) is 8.05. The quantitative estimate of drug-likeness (QED) is 0.298. The topological polar surface area (TPSA) is 73.4 Å². The number of anilines is 1. The van der Waals surface area contributed by atoms with E-state index >= 15 is 0 Å². The summed E-state index contributed by atoms with van der Waals surface area (Å²) in [6, 6.07) is 14.2. The van der Waals surface area contributed by atoms with Crippen LogP contribution in [0, 0.1) is 12.7 Å². The number of rotatable bonds is 10. The zero-order valence-electron chi connectivity index (χ0n) is 15.0. The summed E-state index contributed by atoms with van der Waals surface area (Å²) in [6.07, 6.45) is 2.29. The van der Waals surface area contributed by atoms with Crippen molar-refractivity contribution in [1.29, 1.82) is 0 Å². The second-order valence-electron chi connectivity index (χ2n) is 6.30. The first kappa shape index (κ1) is 19.9. The molecule has 140 valence electrons. The van der Waals surface area contributed by atoms with Crippen molar-refractivity contribution in [3.63, 3.8) is 0 Å². The molecule has 0 aromatic heterocycles. The van der Waals surface area contributed by atoms with Crippen LogP contribution in [0.5, 0.6) is 0 Å². The molecule has 0 spiro atoms. The molecule has 0 fully saturated rings. The van der Waals surface area contributed by atoms with Gasteiger partial charge in [-0.05, 0) is 62.1 Å². The third-order valence-electron chi connectivity index (χ3n) is 4.19. The molecule has 0 saturated carbocycles. The molecular weight excluding hydrogens is 333 g/mol. The molecule has 1 amide bonds. The molecule has 0 bridgehead atoms. The van der Waals surface area contributed by atoms with Gasteiger partial charge in [-0.3, -0.25) is 10.0 Å². The Bertz CT molecular complexity index is 695. The molecule has 2 aromatic rings. The van der Waals surface area contributed by atoms with Gasteiger partial charge >= 0.3 is 0 Å². The van der Waals surface area contributed by atoms with Gasteiger partial charge in [0, 0.05) is 12.2 Å². The molecule has 0 unspecified atom stereocenters. The first-order chi connectivity index (χ1) is 12.6. The van der Waals surface area contributed by atoms with Crippen molar-refractivity contribution in [2.75, 3.05) is 11.9 Å². The fraction of sp³-hybridized carbons (Fsp3) is 0.350. The van der Waals surface area contributed by atoms with E-state index in [-0.39, 0.29) is 5.82 Å². The van der Waals surface area contributed by atoms with Crippen LogP contribution in [0.25, 0.3) is 0 Å². The minimum absolute atomic E-state index is 0.289. The van der Waals surface area contributed by atoms with Gasteiger partial charge in [0.1, 0.15) is 11.9 Å². The molecule has 0 heterocycles. The van der Waals surface area contributed by atoms with Crippen LogP contribution in [0.15, 0.2) is 48.5 Å². The second kappa shape index (κ2) is 10.5. The lowest BCUT2D eigenvalue weighted by molar-refractivity contribution is -0.130. The van der Waals surface area contributed by atoms with Crippen molar-refractivity contribution in [3.05, 3.63) is 65.5 Å². The third kappa shape index (κ3) is 6.46. The van der Waals surface area contributed by atoms with Crippen LogP contribution in [0.3, 0.4) is 0 Å². The Morgan fingerprint density at radius 1 is 1.15 bits per heavy atom. The number of carbonyl (C=O) groups excluding carboxylic acids is 1. The molecule has 4 N–H and O–H groups in total. The van der Waals surface area contributed by atoms with Crippen LogP contribution < -0.4 is 16.1 Å². The largest absolute Gasteiger partial charge is 0.374 e. The van der Waals surface area contributed by atoms with E-state index < -0.39 is 11.9 Å². The van der Waals surface area contributed by atoms with E-state index in [1.165, 1.54) is 11.6 Å². The maximum absolute atomic E-state index is 13.4. The van der Waals surface area contributed by atoms with Gasteiger partial charge in [0.05, 0.1) is 0 Å². The predicted octanol–water partition coefficient (Wildman–Crippen LogP) is 3.38. The van der Waals surface area contributed by atoms with E-state index in [9.17, 15) is 9.18 Å². The SMILES string of the molecule is Cc1cc(N[C@H](CCCCNCc2ccccc2)C(=O)NO)ccc1F. The molecule has 26 heavy (non-hydrogen) atoms. The van der Waals surface area contributed by atoms with Crippen LogP contribution in [0.1, 0.15) is 30.4 Å². The smallest absolute Gasteiger partial charge is 0.265 e. The fourth-order valence-electron chi connectivity index (χ4n) is 2.71. The lowest BCUT2D eigenvalue weighted by Gasteiger charge is -2.18. The average molecular weight is 359 g/mol. The van der Waals surface area contributed by atoms with E-state index in [1.54, 1.807) is 24.5 Å². The average Bonchev–Trinajstić information content (AvgIpc) is 2.66. The van der Waals surface area contributed by atoms with Crippen molar-refractivity contribution in [2.45, 2.75) is 38.8 Å². The van der Waals surface area contributed by atoms with Crippen LogP contribution in [-0.2, 0) is 11.3 Å². The van der Waals surface area contributed by atoms with Crippen molar-refractivity contribution >= 4 is 11.6 Å². The third-order valence-corrected chi connectivity index (χ3v) is 4.19. The normalized spacial score (nSPS) is 11.8. The van der Waals surface area contributed by atoms with E-state index in [4.69, 9.17) is 5.21 Å². The van der Waals surface area contributed by atoms with E-state index in [0.717, 1.165) is 25.9 Å². The number of carbonyl (C=O) groups is 1. The number of benzene rings is 2. The van der Waals surface area contributed by atoms with Gasteiger partial charge in [0.15, 0.2) is 0 Å². The van der Waals surface area contributed by atoms with Gasteiger partial charge in [-0.1, -0.05) is 30.3 Å². The summed E-state index contributed by atoms with van der Waals surface area (Å²) in [4.78, 5) is 11.9. The van der Waals surface area contributed by atoms with Gasteiger partial charge in [-0.25, -0.2) is 9.87 Å². The number of hydrogen-bond donors (Lipinski definition) is 4. The number of halogens is 1. The van der Waals surface area contributed by atoms with Crippen molar-refractivity contribution in [3.8, 4) is 0 Å². The molecule has 0 saturated heterocycles. The zero-order chi connectivity index (χ0) is 18.8. The summed E-state index contributed by atoms with van der Waals surface area (Å²) in [5, 5.41) is 15.4. The Hall–Kier alpha value is -2.44. The van der Waals surface area contributed by atoms with Crippen LogP contribution >= 0.6 is 0 Å². The highest BCUT2D eigenvalue weighted by Gasteiger charge is 2.17. The van der Waals surface area contributed by atoms with Crippen molar-refractivity contribution in [2.24, 2.45) is 0 Å². The van der Waals surface area contributed by atoms with Crippen LogP contribution in [0.2, 0.25) is 0 Å². The second-order valence-corrected chi connectivity index (χ2v) is 6.30. The Labute approximate surface area is 153 Å². The van der Waals surface area contributed by atoms with Crippen LogP contribution in [0.4, 0.5) is 10.1 Å². The van der Waals surface area contributed by atoms with E-state index in [0.29, 0.717) is 17.7 Å². The molecule has 2 aromatic carbocycles. The van der Waals surface area contributed by atoms with Gasteiger partial charge in [0.2, 0.25) is 0 Å². The monoisotopic (exact) mass is 359 g/mol. The molecule has 0 aliphatic heterocycles. The summed E-state index contributed by atoms with van der Waals surface area (Å²) in [5.41, 5.74) is 4.08. The molecule has 0 radical (unpaired) electrons. The number of nitrogens with one attached hydrogen (secondary N) is 3. The molecule has 0 aliphatic rings. The van der Waals surface area contributed by atoms with Gasteiger partial charge in [0.25, 0.3) is 5.91 Å². The molecular formula is C20H26FN3O2. The Balaban J connectivity index is 1.75. The van der Waals surface area contributed by atoms with Gasteiger partial charge in [-0.2, -0.15) is 0 Å². The highest BCUT2D eigenvalue weighted by molar-refractivity contribution is 5.83. The minimum Gasteiger partial charge on any atom is -0.374 e. The Morgan fingerprint density at radius 2 is 1.92 bits per heavy atom. The van der Waals surface area contributed by atoms with E-state index in [2.05, 4.69) is 22.8 Å². The molecule has 2 rings (SSSR count). The number of hydroxylamine groups is 1. The maximum atomic E-state index is 13.4. The predicted molar refractivity (Wildman–Crippen MR) is 100 cm³/mol. The Morgan fingerprint density at radius 3 is 2.62 bits per heavy atom. The van der Waals surface area contributed by atoms with Crippen LogP contribution in [-0.4, -0.2) is 23.7 Å². The highest BCUT2D eigenvalue weighted by atomic mass is 19.1. The fourth-order valence-corrected chi connectivity index (χ4v) is 2.71. The number of hydrogen-bond acceptors (Lipinski definition) is 4. The summed E-state index contributed by atoms with van der Waals surface area (Å²) in [6.45, 7) is 3.33. The number of amides is 1. The molecule has 0 aliphatic carbocycles. The number of aryl methyl sites for hydroxylation is 1. The molecule has 1 atom stereocenters. The van der Waals surface area contributed by atoms with Crippen molar-refractivity contribution in [1.82, 2.24) is 10.8 Å². The molecule has 6 heteroatoms. The van der Waals surface area contributed by atoms with Crippen molar-refractivity contribution < 1.29 is 14.4 Å². The lowest BCUT2D eigenvalue weighted by Crippen LogP contribution is -2.38. The minimum atomic E-state index is -0.570. The highest BCUT2D eigenvalue weighted by Crippen LogP contribution is 2.16. The summed E-state index contributed by atoms with van der Waals surface area (Å²) in [5.74, 6) is -0.785. The molecule has 5 nitrogen and oxygen atoms in total. The standard InChI is InChI=1S/C20H26FN3O2/c1-15-13-17(10-11-18(15)21)23-19(20(25)24-26)9-5-6-12-22-14-16-7-3-2-4-8-16/h2-4,7-8,10-11,13,19,22-23,26H,5-6,9,12,14H2,1H3,(H,24,25)/t19-/m1/s1.